The van der Waals surface area contributed by atoms with Gasteiger partial charge in [-0.25, -0.2) is 9.98 Å². The van der Waals surface area contributed by atoms with E-state index in [2.05, 4.69) is 62.3 Å². The third kappa shape index (κ3) is 4.36. The van der Waals surface area contributed by atoms with Crippen molar-refractivity contribution < 1.29 is 4.42 Å². The zero-order chi connectivity index (χ0) is 27.5. The van der Waals surface area contributed by atoms with Crippen LogP contribution in [0.5, 0.6) is 0 Å². The number of rotatable bonds is 4. The number of halogens is 1. The lowest BCUT2D eigenvalue weighted by Crippen LogP contribution is -2.38. The van der Waals surface area contributed by atoms with Gasteiger partial charge in [0.1, 0.15) is 5.76 Å². The average molecular weight is 638 g/mol. The molecule has 1 atom stereocenters. The van der Waals surface area contributed by atoms with Crippen molar-refractivity contribution in [3.63, 3.8) is 0 Å². The molecule has 2 aliphatic rings. The van der Waals surface area contributed by atoms with E-state index in [0.29, 0.717) is 20.2 Å². The zero-order valence-electron chi connectivity index (χ0n) is 21.5. The second-order valence-corrected chi connectivity index (χ2v) is 12.9. The SMILES string of the molecule is O=c1/c(=C/c2ccc(Sc3nc4ccccc4[nH]3)o2)sc2n1[C@H](c1ccc(Br)cc1)C1=C(N=2)c2ccccc2CC1. The highest BCUT2D eigenvalue weighted by molar-refractivity contribution is 9.10. The molecule has 200 valence electrons. The third-order valence-electron chi connectivity index (χ3n) is 7.50. The Bertz CT molecular complexity index is 2150. The lowest BCUT2D eigenvalue weighted by molar-refractivity contribution is 0.466. The van der Waals surface area contributed by atoms with Gasteiger partial charge in [-0.15, -0.1) is 0 Å². The van der Waals surface area contributed by atoms with E-state index in [1.54, 1.807) is 0 Å². The molecule has 0 saturated carbocycles. The van der Waals surface area contributed by atoms with E-state index < -0.39 is 0 Å². The molecule has 6 nitrogen and oxygen atoms in total. The number of aromatic amines is 1. The highest BCUT2D eigenvalue weighted by atomic mass is 79.9. The lowest BCUT2D eigenvalue weighted by Gasteiger charge is -2.30. The number of hydrogen-bond acceptors (Lipinski definition) is 6. The molecular weight excluding hydrogens is 616 g/mol. The van der Waals surface area contributed by atoms with Gasteiger partial charge in [-0.2, -0.15) is 0 Å². The first-order valence-electron chi connectivity index (χ1n) is 13.2. The molecule has 3 aromatic carbocycles. The summed E-state index contributed by atoms with van der Waals surface area (Å²) in [4.78, 5) is 27.7. The van der Waals surface area contributed by atoms with Crippen LogP contribution >= 0.6 is 39.0 Å². The first-order chi connectivity index (χ1) is 20.1. The van der Waals surface area contributed by atoms with Crippen molar-refractivity contribution in [3.8, 4) is 0 Å². The summed E-state index contributed by atoms with van der Waals surface area (Å²) in [6, 6.07) is 28.2. The maximum Gasteiger partial charge on any atom is 0.271 e. The molecule has 1 aliphatic carbocycles. The monoisotopic (exact) mass is 636 g/mol. The van der Waals surface area contributed by atoms with Crippen molar-refractivity contribution in [2.24, 2.45) is 4.99 Å². The molecule has 8 rings (SSSR count). The minimum atomic E-state index is -0.208. The maximum atomic E-state index is 14.0. The van der Waals surface area contributed by atoms with Gasteiger partial charge in [0.2, 0.25) is 0 Å². The number of nitrogens with zero attached hydrogens (tertiary/aromatic N) is 3. The fourth-order valence-electron chi connectivity index (χ4n) is 5.64. The summed E-state index contributed by atoms with van der Waals surface area (Å²) in [5, 5.41) is 1.45. The molecule has 4 heterocycles. The van der Waals surface area contributed by atoms with E-state index in [1.807, 2.05) is 59.2 Å². The van der Waals surface area contributed by atoms with Crippen molar-refractivity contribution in [1.82, 2.24) is 14.5 Å². The first-order valence-corrected chi connectivity index (χ1v) is 15.6. The fourth-order valence-corrected chi connectivity index (χ4v) is 7.65. The molecule has 41 heavy (non-hydrogen) atoms. The molecule has 0 unspecified atom stereocenters. The number of nitrogens with one attached hydrogen (secondary N) is 1. The van der Waals surface area contributed by atoms with Crippen LogP contribution in [0.2, 0.25) is 0 Å². The van der Waals surface area contributed by atoms with Gasteiger partial charge in [0.05, 0.1) is 27.3 Å². The number of fused-ring (bicyclic) bond motifs is 4. The molecule has 1 aliphatic heterocycles. The Morgan fingerprint density at radius 1 is 1.00 bits per heavy atom. The third-order valence-corrected chi connectivity index (χ3v) is 9.82. The van der Waals surface area contributed by atoms with Gasteiger partial charge in [-0.1, -0.05) is 75.8 Å². The van der Waals surface area contributed by atoms with Gasteiger partial charge in [0.15, 0.2) is 15.1 Å². The number of H-pyrrole nitrogens is 1. The van der Waals surface area contributed by atoms with Crippen LogP contribution in [0.1, 0.15) is 34.9 Å². The Morgan fingerprint density at radius 3 is 2.71 bits per heavy atom. The molecule has 3 aromatic heterocycles. The van der Waals surface area contributed by atoms with E-state index in [9.17, 15) is 4.79 Å². The number of thiazole rings is 1. The summed E-state index contributed by atoms with van der Waals surface area (Å²) in [6.07, 6.45) is 3.61. The average Bonchev–Trinajstić information content (AvgIpc) is 3.70. The normalized spacial score (nSPS) is 16.4. The number of furan rings is 1. The van der Waals surface area contributed by atoms with E-state index in [1.165, 1.54) is 34.2 Å². The Hall–Kier alpha value is -3.92. The second kappa shape index (κ2) is 9.87. The first kappa shape index (κ1) is 24.8. The van der Waals surface area contributed by atoms with Crippen LogP contribution in [0, 0.1) is 0 Å². The largest absolute Gasteiger partial charge is 0.450 e. The summed E-state index contributed by atoms with van der Waals surface area (Å²) >= 11 is 6.38. The van der Waals surface area contributed by atoms with Crippen LogP contribution < -0.4 is 14.9 Å². The Morgan fingerprint density at radius 2 is 1.83 bits per heavy atom. The van der Waals surface area contributed by atoms with Crippen LogP contribution in [-0.2, 0) is 6.42 Å². The van der Waals surface area contributed by atoms with Gasteiger partial charge in [-0.3, -0.25) is 9.36 Å². The van der Waals surface area contributed by atoms with Crippen LogP contribution in [0.25, 0.3) is 22.8 Å². The van der Waals surface area contributed by atoms with Gasteiger partial charge in [0.25, 0.3) is 5.56 Å². The summed E-state index contributed by atoms with van der Waals surface area (Å²) in [5.41, 5.74) is 7.55. The Kier molecular flexibility index (Phi) is 5.98. The minimum absolute atomic E-state index is 0.0602. The molecule has 0 fully saturated rings. The molecule has 0 amide bonds. The van der Waals surface area contributed by atoms with E-state index >= 15 is 0 Å². The smallest absolute Gasteiger partial charge is 0.271 e. The van der Waals surface area contributed by atoms with E-state index in [-0.39, 0.29) is 11.6 Å². The quantitative estimate of drug-likeness (QED) is 0.234. The Balaban J connectivity index is 1.22. The molecule has 0 radical (unpaired) electrons. The van der Waals surface area contributed by atoms with Crippen molar-refractivity contribution >= 4 is 61.8 Å². The summed E-state index contributed by atoms with van der Waals surface area (Å²) in [6.45, 7) is 0. The predicted octanol–water partition coefficient (Wildman–Crippen LogP) is 6.70. The highest BCUT2D eigenvalue weighted by Gasteiger charge is 2.32. The van der Waals surface area contributed by atoms with E-state index in [0.717, 1.165) is 50.3 Å². The molecule has 0 saturated heterocycles. The summed E-state index contributed by atoms with van der Waals surface area (Å²) < 4.78 is 9.56. The number of hydrogen-bond donors (Lipinski definition) is 1. The number of benzene rings is 3. The standard InChI is InChI=1S/C32H21BrN4O2S2/c33-20-12-9-19(10-13-20)29-23-15-11-18-5-1-2-6-22(18)28(23)36-32-37(29)30(38)26(40-32)17-21-14-16-27(39-21)41-31-34-24-7-3-4-8-25(24)35-31/h1-10,12-14,16-17,29H,11,15H2,(H,34,35)/b26-17-/t29-/m1/s1. The van der Waals surface area contributed by atoms with Crippen molar-refractivity contribution in [2.45, 2.75) is 29.1 Å². The number of para-hydroxylation sites is 2. The summed E-state index contributed by atoms with van der Waals surface area (Å²) in [7, 11) is 0. The van der Waals surface area contributed by atoms with Crippen LogP contribution in [0.4, 0.5) is 0 Å². The molecular formula is C32H21BrN4O2S2. The molecule has 1 N–H and O–H groups in total. The van der Waals surface area contributed by atoms with Crippen molar-refractivity contribution in [1.29, 1.82) is 0 Å². The molecule has 9 heteroatoms. The predicted molar refractivity (Wildman–Crippen MR) is 166 cm³/mol. The van der Waals surface area contributed by atoms with Gasteiger partial charge in [0, 0.05) is 16.1 Å². The second-order valence-electron chi connectivity index (χ2n) is 9.98. The number of aromatic nitrogens is 3. The van der Waals surface area contributed by atoms with E-state index in [4.69, 9.17) is 9.41 Å². The maximum absolute atomic E-state index is 14.0. The molecule has 6 aromatic rings. The topological polar surface area (TPSA) is 76.2 Å². The van der Waals surface area contributed by atoms with Crippen molar-refractivity contribution in [2.75, 3.05) is 0 Å². The van der Waals surface area contributed by atoms with Crippen LogP contribution in [0.15, 0.2) is 119 Å². The molecule has 0 bridgehead atoms. The highest BCUT2D eigenvalue weighted by Crippen LogP contribution is 2.41. The summed E-state index contributed by atoms with van der Waals surface area (Å²) in [5.74, 6) is 0.614. The minimum Gasteiger partial charge on any atom is -0.450 e. The van der Waals surface area contributed by atoms with Gasteiger partial charge in [-0.05, 0) is 77.7 Å². The van der Waals surface area contributed by atoms with Gasteiger partial charge < -0.3 is 9.40 Å². The number of imidazole rings is 1. The van der Waals surface area contributed by atoms with Crippen LogP contribution in [0.3, 0.4) is 0 Å². The fraction of sp³-hybridized carbons (Fsp3) is 0.0938. The van der Waals surface area contributed by atoms with Crippen molar-refractivity contribution in [3.05, 3.63) is 137 Å². The van der Waals surface area contributed by atoms with Crippen LogP contribution in [-0.4, -0.2) is 14.5 Å². The number of aryl methyl sites for hydroxylation is 1. The lowest BCUT2D eigenvalue weighted by atomic mass is 9.83. The zero-order valence-corrected chi connectivity index (χ0v) is 24.7. The number of allylic oxidation sites excluding steroid dienone is 1. The Labute approximate surface area is 250 Å². The molecule has 0 spiro atoms. The van der Waals surface area contributed by atoms with Gasteiger partial charge >= 0.3 is 0 Å².